The van der Waals surface area contributed by atoms with Crippen LogP contribution < -0.4 is 10.4 Å². The molecule has 2 amide bonds. The fourth-order valence-electron chi connectivity index (χ4n) is 3.99. The molecule has 4 rings (SSSR count). The number of amides is 2. The molecule has 2 aliphatic heterocycles. The zero-order chi connectivity index (χ0) is 21.7. The standard InChI is InChI=1S/C20H21N3O3.C2H4O2/c24-19(21-26)16-8-3-1-6-14(16)13-23-17-9-4-2-7-15(17)12-22-11-5-10-18(22)20(23)25;1-2(3)4/h1-4,6-9,18,26H,5,10-13H2,(H,21,24);1H3,(H,3,4)/t18-;/m0./s1. The number of nitrogens with one attached hydrogen (secondary N) is 1. The first kappa shape index (κ1) is 21.5. The van der Waals surface area contributed by atoms with Gasteiger partial charge in [0.05, 0.1) is 12.6 Å². The molecular formula is C22H25N3O5. The van der Waals surface area contributed by atoms with Gasteiger partial charge >= 0.3 is 0 Å². The Bertz CT molecular complexity index is 942. The van der Waals surface area contributed by atoms with Crippen molar-refractivity contribution in [3.63, 3.8) is 0 Å². The van der Waals surface area contributed by atoms with Crippen LogP contribution in [0.3, 0.4) is 0 Å². The first-order valence-electron chi connectivity index (χ1n) is 9.77. The molecule has 30 heavy (non-hydrogen) atoms. The second-order valence-corrected chi connectivity index (χ2v) is 7.30. The summed E-state index contributed by atoms with van der Waals surface area (Å²) in [4.78, 5) is 38.3. The Kier molecular flexibility index (Phi) is 6.81. The highest BCUT2D eigenvalue weighted by atomic mass is 16.5. The number of benzene rings is 2. The van der Waals surface area contributed by atoms with Gasteiger partial charge in [-0.1, -0.05) is 36.4 Å². The van der Waals surface area contributed by atoms with E-state index < -0.39 is 11.9 Å². The Balaban J connectivity index is 0.000000589. The second-order valence-electron chi connectivity index (χ2n) is 7.30. The third-order valence-corrected chi connectivity index (χ3v) is 5.26. The van der Waals surface area contributed by atoms with Gasteiger partial charge in [-0.15, -0.1) is 0 Å². The van der Waals surface area contributed by atoms with Crippen molar-refractivity contribution in [2.45, 2.75) is 38.9 Å². The molecule has 0 aliphatic carbocycles. The van der Waals surface area contributed by atoms with E-state index in [0.717, 1.165) is 44.1 Å². The van der Waals surface area contributed by atoms with E-state index in [-0.39, 0.29) is 11.9 Å². The van der Waals surface area contributed by atoms with E-state index in [9.17, 15) is 9.59 Å². The number of carboxylic acids is 1. The Morgan fingerprint density at radius 3 is 2.53 bits per heavy atom. The lowest BCUT2D eigenvalue weighted by Crippen LogP contribution is -2.43. The Hall–Kier alpha value is -3.23. The van der Waals surface area contributed by atoms with Crippen molar-refractivity contribution in [1.29, 1.82) is 0 Å². The van der Waals surface area contributed by atoms with Crippen molar-refractivity contribution in [2.24, 2.45) is 0 Å². The first-order valence-corrected chi connectivity index (χ1v) is 9.77. The van der Waals surface area contributed by atoms with E-state index in [1.165, 1.54) is 0 Å². The number of anilines is 1. The molecule has 0 saturated carbocycles. The maximum atomic E-state index is 13.3. The van der Waals surface area contributed by atoms with E-state index in [4.69, 9.17) is 15.1 Å². The lowest BCUT2D eigenvalue weighted by atomic mass is 10.0. The highest BCUT2D eigenvalue weighted by molar-refractivity contribution is 6.00. The van der Waals surface area contributed by atoms with Crippen LogP contribution in [-0.4, -0.2) is 45.6 Å². The van der Waals surface area contributed by atoms with E-state index in [0.29, 0.717) is 17.7 Å². The summed E-state index contributed by atoms with van der Waals surface area (Å²) in [5, 5.41) is 16.4. The topological polar surface area (TPSA) is 110 Å². The highest BCUT2D eigenvalue weighted by Gasteiger charge is 2.38. The van der Waals surface area contributed by atoms with Crippen LogP contribution in [0, 0.1) is 0 Å². The molecule has 0 radical (unpaired) electrons. The van der Waals surface area contributed by atoms with Gasteiger partial charge in [-0.2, -0.15) is 0 Å². The SMILES string of the molecule is CC(=O)O.O=C(NO)c1ccccc1CN1C(=O)[C@@H]2CCCN2Cc2ccccc21. The van der Waals surface area contributed by atoms with Crippen molar-refractivity contribution in [1.82, 2.24) is 10.4 Å². The van der Waals surface area contributed by atoms with Crippen LogP contribution in [0.4, 0.5) is 5.69 Å². The number of carboxylic acid groups (broad SMARTS) is 1. The number of hydrogen-bond donors (Lipinski definition) is 3. The summed E-state index contributed by atoms with van der Waals surface area (Å²) in [7, 11) is 0. The van der Waals surface area contributed by atoms with Gasteiger partial charge in [-0.3, -0.25) is 24.5 Å². The van der Waals surface area contributed by atoms with Crippen LogP contribution in [0.1, 0.15) is 41.3 Å². The summed E-state index contributed by atoms with van der Waals surface area (Å²) in [6, 6.07) is 14.9. The number of carbonyl (C=O) groups is 3. The van der Waals surface area contributed by atoms with E-state index in [2.05, 4.69) is 11.0 Å². The normalized spacial score (nSPS) is 17.9. The van der Waals surface area contributed by atoms with Crippen LogP contribution in [-0.2, 0) is 22.7 Å². The molecule has 1 saturated heterocycles. The molecule has 2 aliphatic rings. The average molecular weight is 411 g/mol. The fraction of sp³-hybridized carbons (Fsp3) is 0.318. The van der Waals surface area contributed by atoms with Gasteiger partial charge in [0.1, 0.15) is 0 Å². The minimum atomic E-state index is -0.833. The maximum absolute atomic E-state index is 13.3. The van der Waals surface area contributed by atoms with Crippen molar-refractivity contribution in [3.8, 4) is 0 Å². The maximum Gasteiger partial charge on any atom is 0.300 e. The summed E-state index contributed by atoms with van der Waals surface area (Å²) >= 11 is 0. The number of carbonyl (C=O) groups excluding carboxylic acids is 2. The average Bonchev–Trinajstić information content (AvgIpc) is 3.16. The van der Waals surface area contributed by atoms with Crippen molar-refractivity contribution in [2.75, 3.05) is 11.4 Å². The molecule has 8 heteroatoms. The predicted molar refractivity (Wildman–Crippen MR) is 110 cm³/mol. The number of nitrogens with zero attached hydrogens (tertiary/aromatic N) is 2. The van der Waals surface area contributed by atoms with Gasteiger partial charge < -0.3 is 10.0 Å². The third-order valence-electron chi connectivity index (χ3n) is 5.26. The van der Waals surface area contributed by atoms with Gasteiger partial charge in [-0.25, -0.2) is 5.48 Å². The lowest BCUT2D eigenvalue weighted by molar-refractivity contribution is -0.134. The number of hydroxylamine groups is 1. The quantitative estimate of drug-likeness (QED) is 0.529. The smallest absolute Gasteiger partial charge is 0.300 e. The zero-order valence-electron chi connectivity index (χ0n) is 16.7. The Labute approximate surface area is 174 Å². The van der Waals surface area contributed by atoms with E-state index in [1.807, 2.05) is 30.3 Å². The van der Waals surface area contributed by atoms with Gasteiger partial charge in [0, 0.05) is 24.7 Å². The Morgan fingerprint density at radius 1 is 1.13 bits per heavy atom. The molecule has 8 nitrogen and oxygen atoms in total. The number of hydrogen-bond acceptors (Lipinski definition) is 5. The molecule has 1 fully saturated rings. The predicted octanol–water partition coefficient (Wildman–Crippen LogP) is 2.41. The lowest BCUT2D eigenvalue weighted by Gasteiger charge is -2.26. The molecule has 0 spiro atoms. The first-order chi connectivity index (χ1) is 14.4. The minimum absolute atomic E-state index is 0.0756. The highest BCUT2D eigenvalue weighted by Crippen LogP contribution is 2.33. The number of para-hydroxylation sites is 1. The molecule has 0 bridgehead atoms. The van der Waals surface area contributed by atoms with Crippen molar-refractivity contribution in [3.05, 3.63) is 65.2 Å². The molecule has 2 aromatic rings. The van der Waals surface area contributed by atoms with Gasteiger partial charge in [-0.05, 0) is 42.6 Å². The molecule has 1 atom stereocenters. The summed E-state index contributed by atoms with van der Waals surface area (Å²) in [6.45, 7) is 3.08. The molecule has 158 valence electrons. The third kappa shape index (κ3) is 4.67. The van der Waals surface area contributed by atoms with E-state index >= 15 is 0 Å². The molecule has 2 heterocycles. The van der Waals surface area contributed by atoms with Crippen LogP contribution >= 0.6 is 0 Å². The molecule has 2 aromatic carbocycles. The van der Waals surface area contributed by atoms with Crippen LogP contribution in [0.15, 0.2) is 48.5 Å². The van der Waals surface area contributed by atoms with E-state index in [1.54, 1.807) is 22.5 Å². The Morgan fingerprint density at radius 2 is 1.80 bits per heavy atom. The molecule has 0 unspecified atom stereocenters. The van der Waals surface area contributed by atoms with Gasteiger partial charge in [0.2, 0.25) is 5.91 Å². The second kappa shape index (κ2) is 9.51. The minimum Gasteiger partial charge on any atom is -0.481 e. The molecule has 3 N–H and O–H groups in total. The van der Waals surface area contributed by atoms with Crippen LogP contribution in [0.5, 0.6) is 0 Å². The van der Waals surface area contributed by atoms with Crippen LogP contribution in [0.25, 0.3) is 0 Å². The molecule has 0 aromatic heterocycles. The molecular weight excluding hydrogens is 386 g/mol. The monoisotopic (exact) mass is 411 g/mol. The van der Waals surface area contributed by atoms with Crippen LogP contribution in [0.2, 0.25) is 0 Å². The van der Waals surface area contributed by atoms with Gasteiger partial charge in [0.15, 0.2) is 0 Å². The van der Waals surface area contributed by atoms with Gasteiger partial charge in [0.25, 0.3) is 11.9 Å². The summed E-state index contributed by atoms with van der Waals surface area (Å²) in [5.41, 5.74) is 4.77. The summed E-state index contributed by atoms with van der Waals surface area (Å²) in [6.07, 6.45) is 1.89. The van der Waals surface area contributed by atoms with Crippen molar-refractivity contribution >= 4 is 23.5 Å². The number of aliphatic carboxylic acids is 1. The fourth-order valence-corrected chi connectivity index (χ4v) is 3.99. The zero-order valence-corrected chi connectivity index (χ0v) is 16.7. The summed E-state index contributed by atoms with van der Waals surface area (Å²) in [5.74, 6) is -1.33. The number of fused-ring (bicyclic) bond motifs is 2. The summed E-state index contributed by atoms with van der Waals surface area (Å²) < 4.78 is 0. The largest absolute Gasteiger partial charge is 0.481 e. The van der Waals surface area contributed by atoms with Crippen molar-refractivity contribution < 1.29 is 24.7 Å². The number of rotatable bonds is 3.